The number of nitrogens with zero attached hydrogens (tertiary/aromatic N) is 1. The van der Waals surface area contributed by atoms with Gasteiger partial charge in [0.25, 0.3) is 0 Å². The smallest absolute Gasteiger partial charge is 0.0591 e. The summed E-state index contributed by atoms with van der Waals surface area (Å²) in [6.45, 7) is 4.47. The van der Waals surface area contributed by atoms with E-state index >= 15 is 0 Å². The monoisotopic (exact) mass is 332 g/mol. The molecular weight excluding hydrogens is 312 g/mol. The summed E-state index contributed by atoms with van der Waals surface area (Å²) in [7, 11) is 0. The van der Waals surface area contributed by atoms with Crippen LogP contribution in [0.2, 0.25) is 0 Å². The molecule has 0 aromatic carbocycles. The molecule has 1 aliphatic heterocycles. The summed E-state index contributed by atoms with van der Waals surface area (Å²) in [5.74, 6) is 0.477. The number of rotatable bonds is 4. The summed E-state index contributed by atoms with van der Waals surface area (Å²) >= 11 is 5.28. The van der Waals surface area contributed by atoms with Crippen LogP contribution in [-0.2, 0) is 0 Å². The molecule has 0 aliphatic carbocycles. The van der Waals surface area contributed by atoms with Crippen LogP contribution in [0.3, 0.4) is 0 Å². The maximum Gasteiger partial charge on any atom is 0.0591 e. The lowest BCUT2D eigenvalue weighted by Crippen LogP contribution is -2.43. The molecule has 1 fully saturated rings. The minimum Gasteiger partial charge on any atom is -0.396 e. The Morgan fingerprint density at radius 2 is 2.22 bits per heavy atom. The van der Waals surface area contributed by atoms with Crippen LogP contribution in [0.1, 0.15) is 30.7 Å². The SMILES string of the molecule is CC(N)C(c1cc(Br)cs1)N1CCC(CO)CC1. The van der Waals surface area contributed by atoms with E-state index in [1.165, 1.54) is 4.88 Å². The van der Waals surface area contributed by atoms with Crippen molar-refractivity contribution in [2.75, 3.05) is 19.7 Å². The summed E-state index contributed by atoms with van der Waals surface area (Å²) in [5, 5.41) is 11.3. The fourth-order valence-corrected chi connectivity index (χ4v) is 4.36. The summed E-state index contributed by atoms with van der Waals surface area (Å²) in [5.41, 5.74) is 6.18. The highest BCUT2D eigenvalue weighted by molar-refractivity contribution is 9.10. The minimum absolute atomic E-state index is 0.126. The lowest BCUT2D eigenvalue weighted by molar-refractivity contribution is 0.0928. The Hall–Kier alpha value is 0.0600. The quantitative estimate of drug-likeness (QED) is 0.890. The van der Waals surface area contributed by atoms with E-state index in [9.17, 15) is 5.11 Å². The van der Waals surface area contributed by atoms with Crippen LogP contribution in [0.4, 0.5) is 0 Å². The number of aliphatic hydroxyl groups is 1. The van der Waals surface area contributed by atoms with Gasteiger partial charge in [-0.05, 0) is 60.8 Å². The van der Waals surface area contributed by atoms with Gasteiger partial charge in [-0.1, -0.05) is 0 Å². The molecule has 3 N–H and O–H groups in total. The molecule has 2 unspecified atom stereocenters. The Kier molecular flexibility index (Phi) is 5.21. The van der Waals surface area contributed by atoms with E-state index in [4.69, 9.17) is 5.73 Å². The number of likely N-dealkylation sites (tertiary alicyclic amines) is 1. The summed E-state index contributed by atoms with van der Waals surface area (Å²) in [6.07, 6.45) is 2.15. The highest BCUT2D eigenvalue weighted by atomic mass is 79.9. The van der Waals surface area contributed by atoms with Crippen molar-refractivity contribution in [1.29, 1.82) is 0 Å². The molecule has 0 radical (unpaired) electrons. The number of nitrogens with two attached hydrogens (primary N) is 1. The molecule has 0 amide bonds. The van der Waals surface area contributed by atoms with Gasteiger partial charge in [0.1, 0.15) is 0 Å². The van der Waals surface area contributed by atoms with Crippen molar-refractivity contribution in [1.82, 2.24) is 4.90 Å². The minimum atomic E-state index is 0.126. The van der Waals surface area contributed by atoms with E-state index in [0.29, 0.717) is 18.6 Å². The Morgan fingerprint density at radius 3 is 2.67 bits per heavy atom. The molecule has 2 heterocycles. The second-order valence-corrected chi connectivity index (χ2v) is 6.99. The van der Waals surface area contributed by atoms with Gasteiger partial charge in [-0.3, -0.25) is 4.90 Å². The van der Waals surface area contributed by atoms with Crippen molar-refractivity contribution in [2.45, 2.75) is 31.8 Å². The highest BCUT2D eigenvalue weighted by Gasteiger charge is 2.29. The number of piperidine rings is 1. The van der Waals surface area contributed by atoms with Crippen molar-refractivity contribution >= 4 is 27.3 Å². The third-order valence-electron chi connectivity index (χ3n) is 3.68. The van der Waals surface area contributed by atoms with E-state index in [-0.39, 0.29) is 6.04 Å². The Balaban J connectivity index is 2.07. The van der Waals surface area contributed by atoms with Crippen molar-refractivity contribution in [3.05, 3.63) is 20.8 Å². The van der Waals surface area contributed by atoms with E-state index in [1.54, 1.807) is 11.3 Å². The first-order chi connectivity index (χ1) is 8.61. The second-order valence-electron chi connectivity index (χ2n) is 5.13. The summed E-state index contributed by atoms with van der Waals surface area (Å²) < 4.78 is 1.14. The first-order valence-corrected chi connectivity index (χ1v) is 8.13. The lowest BCUT2D eigenvalue weighted by Gasteiger charge is -2.38. The van der Waals surface area contributed by atoms with Gasteiger partial charge in [-0.2, -0.15) is 0 Å². The lowest BCUT2D eigenvalue weighted by atomic mass is 9.95. The predicted octanol–water partition coefficient (Wildman–Crippen LogP) is 2.60. The van der Waals surface area contributed by atoms with Crippen LogP contribution < -0.4 is 5.73 Å². The number of halogens is 1. The fourth-order valence-electron chi connectivity index (χ4n) is 2.67. The number of hydrogen-bond acceptors (Lipinski definition) is 4. The molecule has 1 aliphatic rings. The topological polar surface area (TPSA) is 49.5 Å². The van der Waals surface area contributed by atoms with Crippen LogP contribution in [0.5, 0.6) is 0 Å². The Morgan fingerprint density at radius 1 is 1.56 bits per heavy atom. The normalized spacial score (nSPS) is 22.0. The molecule has 2 rings (SSSR count). The molecule has 0 bridgehead atoms. The average Bonchev–Trinajstić information content (AvgIpc) is 2.76. The summed E-state index contributed by atoms with van der Waals surface area (Å²) in [4.78, 5) is 3.80. The zero-order valence-corrected chi connectivity index (χ0v) is 13.1. The molecule has 1 saturated heterocycles. The number of hydrogen-bond donors (Lipinski definition) is 2. The maximum atomic E-state index is 9.20. The molecule has 18 heavy (non-hydrogen) atoms. The van der Waals surface area contributed by atoms with Gasteiger partial charge in [-0.25, -0.2) is 0 Å². The van der Waals surface area contributed by atoms with Crippen molar-refractivity contribution < 1.29 is 5.11 Å². The van der Waals surface area contributed by atoms with Crippen LogP contribution in [-0.4, -0.2) is 35.7 Å². The van der Waals surface area contributed by atoms with Crippen LogP contribution in [0, 0.1) is 5.92 Å². The largest absolute Gasteiger partial charge is 0.396 e. The zero-order chi connectivity index (χ0) is 13.1. The molecule has 0 spiro atoms. The van der Waals surface area contributed by atoms with E-state index < -0.39 is 0 Å². The molecule has 1 aromatic rings. The molecule has 2 atom stereocenters. The van der Waals surface area contributed by atoms with Crippen molar-refractivity contribution in [3.63, 3.8) is 0 Å². The van der Waals surface area contributed by atoms with Crippen molar-refractivity contribution in [3.8, 4) is 0 Å². The van der Waals surface area contributed by atoms with Crippen molar-refractivity contribution in [2.24, 2.45) is 11.7 Å². The first kappa shape index (κ1) is 14.5. The van der Waals surface area contributed by atoms with Gasteiger partial charge in [0.2, 0.25) is 0 Å². The van der Waals surface area contributed by atoms with E-state index in [1.807, 2.05) is 0 Å². The zero-order valence-electron chi connectivity index (χ0n) is 10.7. The van der Waals surface area contributed by atoms with Crippen LogP contribution in [0.25, 0.3) is 0 Å². The van der Waals surface area contributed by atoms with Gasteiger partial charge in [0.05, 0.1) is 6.04 Å². The highest BCUT2D eigenvalue weighted by Crippen LogP contribution is 2.33. The van der Waals surface area contributed by atoms with E-state index in [2.05, 4.69) is 39.2 Å². The fraction of sp³-hybridized carbons (Fsp3) is 0.692. The Labute approximate surface area is 121 Å². The van der Waals surface area contributed by atoms with Crippen LogP contribution in [0.15, 0.2) is 15.9 Å². The number of thiophene rings is 1. The summed E-state index contributed by atoms with van der Waals surface area (Å²) in [6, 6.07) is 2.61. The molecule has 102 valence electrons. The van der Waals surface area contributed by atoms with E-state index in [0.717, 1.165) is 30.4 Å². The predicted molar refractivity (Wildman–Crippen MR) is 79.8 cm³/mol. The van der Waals surface area contributed by atoms with Gasteiger partial charge in [0.15, 0.2) is 0 Å². The third-order valence-corrected chi connectivity index (χ3v) is 5.44. The second kappa shape index (κ2) is 6.48. The van der Waals surface area contributed by atoms with Gasteiger partial charge < -0.3 is 10.8 Å². The van der Waals surface area contributed by atoms with Crippen LogP contribution >= 0.6 is 27.3 Å². The molecule has 5 heteroatoms. The Bertz CT molecular complexity index is 375. The first-order valence-electron chi connectivity index (χ1n) is 6.46. The molecular formula is C13H21BrN2OS. The maximum absolute atomic E-state index is 9.20. The average molecular weight is 333 g/mol. The molecule has 0 saturated carbocycles. The number of aliphatic hydroxyl groups excluding tert-OH is 1. The molecule has 1 aromatic heterocycles. The van der Waals surface area contributed by atoms with Gasteiger partial charge in [-0.15, -0.1) is 11.3 Å². The standard InChI is InChI=1S/C13H21BrN2OS/c1-9(15)13(12-6-11(14)8-18-12)16-4-2-10(7-17)3-5-16/h6,8-10,13,17H,2-5,7,15H2,1H3. The molecule has 3 nitrogen and oxygen atoms in total. The third kappa shape index (κ3) is 3.33. The van der Waals surface area contributed by atoms with Gasteiger partial charge in [0, 0.05) is 27.4 Å². The van der Waals surface area contributed by atoms with Gasteiger partial charge >= 0.3 is 0 Å².